The number of anilines is 2. The van der Waals surface area contributed by atoms with E-state index in [0.717, 1.165) is 0 Å². The van der Waals surface area contributed by atoms with Crippen molar-refractivity contribution in [2.24, 2.45) is 0 Å². The summed E-state index contributed by atoms with van der Waals surface area (Å²) in [4.78, 5) is 13.9. The van der Waals surface area contributed by atoms with Gasteiger partial charge < -0.3 is 14.7 Å². The van der Waals surface area contributed by atoms with Gasteiger partial charge in [-0.15, -0.1) is 11.8 Å². The number of thioether (sulfide) groups is 1. The summed E-state index contributed by atoms with van der Waals surface area (Å²) in [5, 5.41) is 8.63. The number of nitrogens with zero attached hydrogens (tertiary/aromatic N) is 2. The van der Waals surface area contributed by atoms with Crippen LogP contribution >= 0.6 is 11.8 Å². The van der Waals surface area contributed by atoms with Gasteiger partial charge in [-0.1, -0.05) is 0 Å². The molecule has 1 aliphatic heterocycles. The van der Waals surface area contributed by atoms with E-state index in [1.807, 2.05) is 4.90 Å². The maximum atomic E-state index is 13.5. The molecule has 33 heavy (non-hydrogen) atoms. The second-order valence-electron chi connectivity index (χ2n) is 7.99. The van der Waals surface area contributed by atoms with Crippen LogP contribution in [0, 0.1) is 5.82 Å². The fourth-order valence-electron chi connectivity index (χ4n) is 3.71. The molecule has 2 aliphatic rings. The number of carboxylic acid groups (broad SMARTS) is 1. The molecule has 0 saturated heterocycles. The van der Waals surface area contributed by atoms with Gasteiger partial charge in [0.15, 0.2) is 0 Å². The molecule has 2 aromatic carbocycles. The molecule has 0 spiro atoms. The smallest absolute Gasteiger partial charge is 0.306 e. The summed E-state index contributed by atoms with van der Waals surface area (Å²) in [5.74, 6) is -3.77. The predicted octanol–water partition coefficient (Wildman–Crippen LogP) is 4.68. The van der Waals surface area contributed by atoms with Crippen molar-refractivity contribution >= 4 is 40.1 Å². The second-order valence-corrected chi connectivity index (χ2v) is 10.9. The molecule has 0 aromatic heterocycles. The number of rotatable bonds is 7. The average Bonchev–Trinajstić information content (AvgIpc) is 2.84. The molecule has 1 saturated carbocycles. The van der Waals surface area contributed by atoms with Crippen LogP contribution in [-0.2, 0) is 15.8 Å². The van der Waals surface area contributed by atoms with Gasteiger partial charge in [-0.25, -0.2) is 21.7 Å². The SMILES string of the molecule is CN1CCN(c2ccc(F)cc2)c2cc(SC3CC(F)(F)C3)c(OCCC(=O)O)cc2S1=O. The fraction of sp³-hybridized carbons (Fsp3) is 0.409. The Labute approximate surface area is 196 Å². The van der Waals surface area contributed by atoms with Crippen LogP contribution in [-0.4, -0.2) is 57.5 Å². The minimum absolute atomic E-state index is 0.105. The molecule has 4 rings (SSSR count). The van der Waals surface area contributed by atoms with Gasteiger partial charge in [0.1, 0.15) is 22.6 Å². The third-order valence-electron chi connectivity index (χ3n) is 5.48. The number of aliphatic carboxylic acids is 1. The Kier molecular flexibility index (Phi) is 6.92. The van der Waals surface area contributed by atoms with Gasteiger partial charge in [0.05, 0.1) is 28.5 Å². The molecule has 1 N–H and O–H groups in total. The van der Waals surface area contributed by atoms with Crippen molar-refractivity contribution in [3.8, 4) is 5.75 Å². The van der Waals surface area contributed by atoms with Crippen molar-refractivity contribution in [1.82, 2.24) is 4.31 Å². The van der Waals surface area contributed by atoms with E-state index < -0.39 is 22.9 Å². The number of likely N-dealkylation sites (N-methyl/N-ethyl adjacent to an activating group) is 1. The lowest BCUT2D eigenvalue weighted by atomic mass is 9.94. The number of halogens is 3. The number of fused-ring (bicyclic) bond motifs is 1. The minimum Gasteiger partial charge on any atom is -0.492 e. The molecule has 0 bridgehead atoms. The van der Waals surface area contributed by atoms with E-state index in [4.69, 9.17) is 9.84 Å². The van der Waals surface area contributed by atoms with Crippen molar-refractivity contribution in [3.05, 3.63) is 42.2 Å². The van der Waals surface area contributed by atoms with Gasteiger partial charge in [-0.05, 0) is 30.3 Å². The highest BCUT2D eigenvalue weighted by Gasteiger charge is 2.46. The molecular weight excluding hydrogens is 477 g/mol. The lowest BCUT2D eigenvalue weighted by Crippen LogP contribution is -2.37. The zero-order valence-corrected chi connectivity index (χ0v) is 19.4. The average molecular weight is 501 g/mol. The van der Waals surface area contributed by atoms with E-state index in [0.29, 0.717) is 40.0 Å². The molecule has 1 aliphatic carbocycles. The van der Waals surface area contributed by atoms with Crippen molar-refractivity contribution < 1.29 is 32.0 Å². The van der Waals surface area contributed by atoms with Crippen LogP contribution in [0.5, 0.6) is 5.75 Å². The molecule has 0 radical (unpaired) electrons. The maximum absolute atomic E-state index is 13.5. The van der Waals surface area contributed by atoms with Crippen LogP contribution in [0.2, 0.25) is 0 Å². The Morgan fingerprint density at radius 3 is 2.58 bits per heavy atom. The Bertz CT molecular complexity index is 1060. The molecule has 1 fully saturated rings. The van der Waals surface area contributed by atoms with Crippen LogP contribution in [0.3, 0.4) is 0 Å². The number of carboxylic acids is 1. The van der Waals surface area contributed by atoms with E-state index >= 15 is 0 Å². The molecule has 6 nitrogen and oxygen atoms in total. The molecule has 1 atom stereocenters. The number of hydrogen-bond acceptors (Lipinski definition) is 5. The summed E-state index contributed by atoms with van der Waals surface area (Å²) < 4.78 is 60.9. The summed E-state index contributed by atoms with van der Waals surface area (Å²) in [6.45, 7) is 0.837. The standard InChI is InChI=1S/C22H23F3N2O4S2/c1-26-7-8-27(15-4-2-14(23)3-5-15)17-10-19(32-16-12-22(24,25)13-16)18(11-20(17)33(26)30)31-9-6-21(28)29/h2-5,10-11,16H,6-9,12-13H2,1H3,(H,28,29). The van der Waals surface area contributed by atoms with E-state index in [2.05, 4.69) is 0 Å². The van der Waals surface area contributed by atoms with E-state index in [1.54, 1.807) is 35.6 Å². The molecule has 1 heterocycles. The summed E-state index contributed by atoms with van der Waals surface area (Å²) in [5.41, 5.74) is 1.32. The van der Waals surface area contributed by atoms with Gasteiger partial charge in [0.2, 0.25) is 5.92 Å². The largest absolute Gasteiger partial charge is 0.492 e. The van der Waals surface area contributed by atoms with Gasteiger partial charge in [-0.2, -0.15) is 0 Å². The molecule has 2 aromatic rings. The van der Waals surface area contributed by atoms with Crippen LogP contribution in [0.1, 0.15) is 19.3 Å². The van der Waals surface area contributed by atoms with Crippen molar-refractivity contribution in [2.45, 2.75) is 40.2 Å². The zero-order valence-electron chi connectivity index (χ0n) is 17.8. The third-order valence-corrected chi connectivity index (χ3v) is 8.18. The topological polar surface area (TPSA) is 70.1 Å². The highest BCUT2D eigenvalue weighted by molar-refractivity contribution is 8.00. The Morgan fingerprint density at radius 1 is 1.24 bits per heavy atom. The number of benzene rings is 2. The fourth-order valence-corrected chi connectivity index (χ4v) is 6.27. The van der Waals surface area contributed by atoms with Crippen LogP contribution in [0.25, 0.3) is 0 Å². The highest BCUT2D eigenvalue weighted by Crippen LogP contribution is 2.50. The van der Waals surface area contributed by atoms with Crippen LogP contribution in [0.4, 0.5) is 24.5 Å². The van der Waals surface area contributed by atoms with Crippen LogP contribution in [0.15, 0.2) is 46.2 Å². The van der Waals surface area contributed by atoms with E-state index in [9.17, 15) is 22.2 Å². The highest BCUT2D eigenvalue weighted by atomic mass is 32.2. The molecule has 0 amide bonds. The summed E-state index contributed by atoms with van der Waals surface area (Å²) in [7, 11) is 0.190. The number of hydrogen-bond donors (Lipinski definition) is 1. The zero-order chi connectivity index (χ0) is 23.8. The Balaban J connectivity index is 1.75. The van der Waals surface area contributed by atoms with Gasteiger partial charge in [0, 0.05) is 50.0 Å². The minimum atomic E-state index is -2.68. The monoisotopic (exact) mass is 500 g/mol. The second kappa shape index (κ2) is 9.55. The first-order valence-electron chi connectivity index (χ1n) is 10.4. The Hall–Kier alpha value is -2.24. The quantitative estimate of drug-likeness (QED) is 0.596. The lowest BCUT2D eigenvalue weighted by molar-refractivity contribution is -0.137. The van der Waals surface area contributed by atoms with E-state index in [1.165, 1.54) is 23.9 Å². The van der Waals surface area contributed by atoms with Gasteiger partial charge in [0.25, 0.3) is 0 Å². The van der Waals surface area contributed by atoms with Crippen molar-refractivity contribution in [2.75, 3.05) is 31.6 Å². The third kappa shape index (κ3) is 5.47. The first-order valence-corrected chi connectivity index (χ1v) is 12.3. The van der Waals surface area contributed by atoms with Crippen molar-refractivity contribution in [1.29, 1.82) is 0 Å². The first kappa shape index (κ1) is 23.9. The maximum Gasteiger partial charge on any atom is 0.306 e. The molecular formula is C22H23F3N2O4S2. The van der Waals surface area contributed by atoms with Gasteiger partial charge >= 0.3 is 5.97 Å². The first-order chi connectivity index (χ1) is 15.6. The number of carbonyl (C=O) groups is 1. The summed E-state index contributed by atoms with van der Waals surface area (Å²) in [6, 6.07) is 9.30. The van der Waals surface area contributed by atoms with E-state index in [-0.39, 0.29) is 36.9 Å². The molecule has 11 heteroatoms. The Morgan fingerprint density at radius 2 is 1.94 bits per heavy atom. The van der Waals surface area contributed by atoms with Gasteiger partial charge in [-0.3, -0.25) is 4.79 Å². The number of ether oxygens (including phenoxy) is 1. The number of alkyl halides is 2. The molecule has 1 unspecified atom stereocenters. The summed E-state index contributed by atoms with van der Waals surface area (Å²) >= 11 is 1.25. The van der Waals surface area contributed by atoms with Crippen LogP contribution < -0.4 is 9.64 Å². The predicted molar refractivity (Wildman–Crippen MR) is 120 cm³/mol. The summed E-state index contributed by atoms with van der Waals surface area (Å²) in [6.07, 6.45) is -0.729. The lowest BCUT2D eigenvalue weighted by Gasteiger charge is -2.35. The molecule has 178 valence electrons. The van der Waals surface area contributed by atoms with Crippen molar-refractivity contribution in [3.63, 3.8) is 0 Å². The normalized spacial score (nSPS) is 20.6.